The normalized spacial score (nSPS) is 29.3. The molecule has 1 aliphatic heterocycles. The van der Waals surface area contributed by atoms with Crippen LogP contribution in [0.2, 0.25) is 0 Å². The van der Waals surface area contributed by atoms with Crippen molar-refractivity contribution in [3.63, 3.8) is 0 Å². The summed E-state index contributed by atoms with van der Waals surface area (Å²) < 4.78 is 32.9. The molecule has 2 atom stereocenters. The molecule has 2 N–H and O–H groups in total. The smallest absolute Gasteiger partial charge is 0.273 e. The number of ether oxygens (including phenoxy) is 1. The highest BCUT2D eigenvalue weighted by molar-refractivity contribution is 5.39. The second-order valence-electron chi connectivity index (χ2n) is 5.28. The number of nitrogens with two attached hydrogens (primary N) is 1. The fourth-order valence-corrected chi connectivity index (χ4v) is 2.40. The number of rotatable bonds is 4. The third-order valence-corrected chi connectivity index (χ3v) is 3.59. The summed E-state index contributed by atoms with van der Waals surface area (Å²) in [5.74, 6) is -2.88. The van der Waals surface area contributed by atoms with Crippen molar-refractivity contribution in [1.29, 1.82) is 0 Å². The van der Waals surface area contributed by atoms with Gasteiger partial charge in [-0.2, -0.15) is 10.2 Å². The minimum atomic E-state index is -2.88. The maximum absolute atomic E-state index is 13.9. The third kappa shape index (κ3) is 3.97. The third-order valence-electron chi connectivity index (χ3n) is 3.59. The van der Waals surface area contributed by atoms with E-state index in [1.54, 1.807) is 12.3 Å². The van der Waals surface area contributed by atoms with Gasteiger partial charge in [0.2, 0.25) is 0 Å². The fourth-order valence-electron chi connectivity index (χ4n) is 2.40. The van der Waals surface area contributed by atoms with Crippen LogP contribution in [0.4, 0.5) is 8.78 Å². The molecular formula is C15H21F2N3O. The Balaban J connectivity index is 2.13. The van der Waals surface area contributed by atoms with E-state index in [1.165, 1.54) is 0 Å². The molecule has 6 heteroatoms. The van der Waals surface area contributed by atoms with Gasteiger partial charge >= 0.3 is 0 Å². The molecular weight excluding hydrogens is 276 g/mol. The fraction of sp³-hybridized carbons (Fsp3) is 0.600. The van der Waals surface area contributed by atoms with Gasteiger partial charge in [0, 0.05) is 18.0 Å². The van der Waals surface area contributed by atoms with Crippen LogP contribution in [0.3, 0.4) is 0 Å². The average Bonchev–Trinajstić information content (AvgIpc) is 2.45. The zero-order valence-electron chi connectivity index (χ0n) is 12.1. The van der Waals surface area contributed by atoms with Gasteiger partial charge in [0.25, 0.3) is 5.92 Å². The molecule has 0 aromatic heterocycles. The van der Waals surface area contributed by atoms with Crippen molar-refractivity contribution in [2.24, 2.45) is 16.0 Å². The first-order valence-electron chi connectivity index (χ1n) is 7.27. The summed E-state index contributed by atoms with van der Waals surface area (Å²) in [5, 5.41) is 7.86. The molecule has 1 fully saturated rings. The molecule has 4 nitrogen and oxygen atoms in total. The predicted octanol–water partition coefficient (Wildman–Crippen LogP) is 3.72. The van der Waals surface area contributed by atoms with Gasteiger partial charge in [0.05, 0.1) is 12.0 Å². The molecule has 0 aromatic carbocycles. The lowest BCUT2D eigenvalue weighted by Crippen LogP contribution is -2.49. The highest BCUT2D eigenvalue weighted by Gasteiger charge is 2.46. The molecule has 0 amide bonds. The van der Waals surface area contributed by atoms with E-state index in [9.17, 15) is 8.78 Å². The van der Waals surface area contributed by atoms with E-state index in [0.29, 0.717) is 25.1 Å². The second-order valence-corrected chi connectivity index (χ2v) is 5.28. The van der Waals surface area contributed by atoms with Gasteiger partial charge in [-0.25, -0.2) is 8.78 Å². The van der Waals surface area contributed by atoms with Gasteiger partial charge in [0.1, 0.15) is 12.6 Å². The van der Waals surface area contributed by atoms with Crippen LogP contribution in [0.25, 0.3) is 0 Å². The molecule has 116 valence electrons. The van der Waals surface area contributed by atoms with Gasteiger partial charge in [-0.05, 0) is 25.3 Å². The standard InChI is InChI=1S/C15H21F2N3O/c1-2-3-5-11-10-21-9-7-13(11)19-20-14-12(18)6-4-8-15(14,16)17/h3,5,7,10,12,14H,2,4,6,8-9,18H2,1H3/b5-3+,20-19?/t12-,14-/m1/s1. The quantitative estimate of drug-likeness (QED) is 0.804. The highest BCUT2D eigenvalue weighted by atomic mass is 19.3. The lowest BCUT2D eigenvalue weighted by molar-refractivity contribution is -0.0590. The molecule has 1 saturated carbocycles. The molecule has 2 aliphatic rings. The Labute approximate surface area is 123 Å². The lowest BCUT2D eigenvalue weighted by Gasteiger charge is -2.32. The molecule has 0 bridgehead atoms. The average molecular weight is 297 g/mol. The molecule has 0 radical (unpaired) electrons. The van der Waals surface area contributed by atoms with Crippen molar-refractivity contribution >= 4 is 0 Å². The van der Waals surface area contributed by atoms with Crippen LogP contribution < -0.4 is 5.73 Å². The van der Waals surface area contributed by atoms with Crippen LogP contribution >= 0.6 is 0 Å². The molecule has 1 heterocycles. The van der Waals surface area contributed by atoms with Crippen molar-refractivity contribution in [3.05, 3.63) is 35.8 Å². The first-order chi connectivity index (χ1) is 10.0. The number of azo groups is 1. The van der Waals surface area contributed by atoms with Crippen LogP contribution in [0, 0.1) is 0 Å². The lowest BCUT2D eigenvalue weighted by atomic mass is 9.88. The van der Waals surface area contributed by atoms with Crippen LogP contribution in [-0.2, 0) is 4.74 Å². The summed E-state index contributed by atoms with van der Waals surface area (Å²) in [6.45, 7) is 2.37. The summed E-state index contributed by atoms with van der Waals surface area (Å²) in [6, 6.07) is -1.89. The zero-order valence-corrected chi connectivity index (χ0v) is 12.1. The molecule has 0 unspecified atom stereocenters. The molecule has 21 heavy (non-hydrogen) atoms. The van der Waals surface area contributed by atoms with Gasteiger partial charge in [0.15, 0.2) is 0 Å². The minimum absolute atomic E-state index is 0.176. The van der Waals surface area contributed by atoms with E-state index in [1.807, 2.05) is 19.1 Å². The Kier molecular flexibility index (Phi) is 5.22. The number of alkyl halides is 2. The van der Waals surface area contributed by atoms with Gasteiger partial charge in [-0.1, -0.05) is 19.1 Å². The zero-order chi connectivity index (χ0) is 15.3. The molecule has 0 spiro atoms. The van der Waals surface area contributed by atoms with E-state index in [-0.39, 0.29) is 6.42 Å². The monoisotopic (exact) mass is 297 g/mol. The van der Waals surface area contributed by atoms with Gasteiger partial charge < -0.3 is 10.5 Å². The number of hydrogen-bond acceptors (Lipinski definition) is 4. The van der Waals surface area contributed by atoms with Crippen molar-refractivity contribution < 1.29 is 13.5 Å². The minimum Gasteiger partial charge on any atom is -0.496 e. The number of hydrogen-bond donors (Lipinski definition) is 1. The van der Waals surface area contributed by atoms with Crippen LogP contribution in [-0.4, -0.2) is 24.6 Å². The Hall–Kier alpha value is -1.56. The summed E-state index contributed by atoms with van der Waals surface area (Å²) in [7, 11) is 0. The SMILES string of the molecule is CC/C=C/C1=COCC=C1N=N[C@@H]1[C@H](N)CCCC1(F)F. The van der Waals surface area contributed by atoms with Crippen molar-refractivity contribution in [3.8, 4) is 0 Å². The summed E-state index contributed by atoms with van der Waals surface area (Å²) >= 11 is 0. The van der Waals surface area contributed by atoms with E-state index < -0.39 is 18.0 Å². The second kappa shape index (κ2) is 6.93. The predicted molar refractivity (Wildman–Crippen MR) is 77.0 cm³/mol. The van der Waals surface area contributed by atoms with E-state index in [4.69, 9.17) is 10.5 Å². The van der Waals surface area contributed by atoms with E-state index >= 15 is 0 Å². The number of nitrogens with zero attached hydrogens (tertiary/aromatic N) is 2. The van der Waals surface area contributed by atoms with E-state index in [0.717, 1.165) is 12.0 Å². The number of allylic oxidation sites excluding steroid dienone is 2. The topological polar surface area (TPSA) is 60.0 Å². The van der Waals surface area contributed by atoms with Crippen molar-refractivity contribution in [2.45, 2.75) is 50.6 Å². The first-order valence-corrected chi connectivity index (χ1v) is 7.27. The first kappa shape index (κ1) is 15.8. The molecule has 0 aromatic rings. The summed E-state index contributed by atoms with van der Waals surface area (Å²) in [5.41, 5.74) is 7.07. The van der Waals surface area contributed by atoms with Crippen LogP contribution in [0.1, 0.15) is 32.6 Å². The van der Waals surface area contributed by atoms with Gasteiger partial charge in [-0.3, -0.25) is 0 Å². The molecule has 2 rings (SSSR count). The molecule has 1 aliphatic carbocycles. The van der Waals surface area contributed by atoms with E-state index in [2.05, 4.69) is 10.2 Å². The largest absolute Gasteiger partial charge is 0.496 e. The Morgan fingerprint density at radius 3 is 3.05 bits per heavy atom. The van der Waals surface area contributed by atoms with Crippen molar-refractivity contribution in [2.75, 3.05) is 6.61 Å². The summed E-state index contributed by atoms with van der Waals surface area (Å²) in [4.78, 5) is 0. The maximum atomic E-state index is 13.9. The highest BCUT2D eigenvalue weighted by Crippen LogP contribution is 2.35. The van der Waals surface area contributed by atoms with Crippen LogP contribution in [0.15, 0.2) is 46.0 Å². The van der Waals surface area contributed by atoms with Crippen LogP contribution in [0.5, 0.6) is 0 Å². The number of halogens is 2. The Morgan fingerprint density at radius 1 is 1.52 bits per heavy atom. The Morgan fingerprint density at radius 2 is 2.33 bits per heavy atom. The molecule has 0 saturated heterocycles. The maximum Gasteiger partial charge on any atom is 0.273 e. The van der Waals surface area contributed by atoms with Gasteiger partial charge in [-0.15, -0.1) is 0 Å². The summed E-state index contributed by atoms with van der Waals surface area (Å²) in [6.07, 6.45) is 8.78. The van der Waals surface area contributed by atoms with Crippen molar-refractivity contribution in [1.82, 2.24) is 0 Å². The Bertz CT molecular complexity index is 483.